The molecule has 0 unspecified atom stereocenters. The van der Waals surface area contributed by atoms with Gasteiger partial charge in [-0.1, -0.05) is 33.6 Å². The van der Waals surface area contributed by atoms with E-state index in [2.05, 4.69) is 15.9 Å². The van der Waals surface area contributed by atoms with Gasteiger partial charge >= 0.3 is 0 Å². The number of anilines is 1. The van der Waals surface area contributed by atoms with E-state index < -0.39 is 11.5 Å². The summed E-state index contributed by atoms with van der Waals surface area (Å²) in [5.74, 6) is -0.0184. The van der Waals surface area contributed by atoms with Crippen LogP contribution in [0.25, 0.3) is 0 Å². The van der Waals surface area contributed by atoms with Gasteiger partial charge in [0.05, 0.1) is 12.2 Å². The van der Waals surface area contributed by atoms with E-state index in [9.17, 15) is 14.7 Å². The van der Waals surface area contributed by atoms with Crippen LogP contribution in [0, 0.1) is 6.92 Å². The third-order valence-electron chi connectivity index (χ3n) is 4.40. The molecule has 2 aromatic rings. The third-order valence-corrected chi connectivity index (χ3v) is 4.90. The molecule has 0 bridgehead atoms. The van der Waals surface area contributed by atoms with Crippen LogP contribution in [0.2, 0.25) is 0 Å². The lowest BCUT2D eigenvalue weighted by atomic mass is 9.90. The fraction of sp³-hybridized carbons (Fsp3) is 0.300. The number of Topliss-reactive ketones (excluding diaryl/α,β-unsaturated/α-hetero) is 1. The summed E-state index contributed by atoms with van der Waals surface area (Å²) in [6.07, 6.45) is -0.245. The molecule has 1 aliphatic rings. The summed E-state index contributed by atoms with van der Waals surface area (Å²) in [6, 6.07) is 12.9. The van der Waals surface area contributed by atoms with Crippen LogP contribution >= 0.6 is 15.9 Å². The van der Waals surface area contributed by atoms with Crippen molar-refractivity contribution in [3.05, 3.63) is 58.1 Å². The summed E-state index contributed by atoms with van der Waals surface area (Å²) in [5, 5.41) is 11.0. The van der Waals surface area contributed by atoms with Crippen molar-refractivity contribution in [1.82, 2.24) is 0 Å². The normalized spacial score (nSPS) is 18.8. The standard InChI is InChI=1S/C20H20BrNO4/c1-13-3-6-16(7-4-13)26-10-9-22-18-8-5-15(21)11-17(18)20(25,19(22)24)12-14(2)23/h3-8,11,25H,9-10,12H2,1-2H3/t20-/m1/s1. The fourth-order valence-corrected chi connectivity index (χ4v) is 3.53. The lowest BCUT2D eigenvalue weighted by molar-refractivity contribution is -0.141. The Morgan fingerprint density at radius 1 is 1.23 bits per heavy atom. The highest BCUT2D eigenvalue weighted by Gasteiger charge is 2.50. The molecule has 0 saturated carbocycles. The fourth-order valence-electron chi connectivity index (χ4n) is 3.17. The van der Waals surface area contributed by atoms with Crippen LogP contribution in [0.4, 0.5) is 5.69 Å². The molecule has 3 rings (SSSR count). The minimum absolute atomic E-state index is 0.245. The van der Waals surface area contributed by atoms with E-state index in [4.69, 9.17) is 4.74 Å². The number of hydrogen-bond donors (Lipinski definition) is 1. The first kappa shape index (κ1) is 18.6. The van der Waals surface area contributed by atoms with Gasteiger partial charge in [-0.25, -0.2) is 0 Å². The molecule has 1 atom stereocenters. The van der Waals surface area contributed by atoms with Gasteiger partial charge in [0.25, 0.3) is 5.91 Å². The van der Waals surface area contributed by atoms with E-state index in [1.807, 2.05) is 31.2 Å². The Bertz CT molecular complexity index is 849. The molecule has 0 radical (unpaired) electrons. The van der Waals surface area contributed by atoms with Crippen LogP contribution < -0.4 is 9.64 Å². The van der Waals surface area contributed by atoms with Gasteiger partial charge in [-0.05, 0) is 44.2 Å². The average Bonchev–Trinajstić information content (AvgIpc) is 2.77. The van der Waals surface area contributed by atoms with Crippen LogP contribution in [0.3, 0.4) is 0 Å². The number of nitrogens with zero attached hydrogens (tertiary/aromatic N) is 1. The third kappa shape index (κ3) is 3.52. The Hall–Kier alpha value is -2.18. The predicted molar refractivity (Wildman–Crippen MR) is 102 cm³/mol. The number of aryl methyl sites for hydroxylation is 1. The zero-order valence-electron chi connectivity index (χ0n) is 14.7. The van der Waals surface area contributed by atoms with Crippen LogP contribution in [0.15, 0.2) is 46.9 Å². The Balaban J connectivity index is 1.80. The zero-order valence-corrected chi connectivity index (χ0v) is 16.2. The van der Waals surface area contributed by atoms with Gasteiger partial charge in [0, 0.05) is 16.5 Å². The number of ketones is 1. The van der Waals surface area contributed by atoms with E-state index in [-0.39, 0.29) is 25.4 Å². The zero-order chi connectivity index (χ0) is 18.9. The molecule has 26 heavy (non-hydrogen) atoms. The van der Waals surface area contributed by atoms with Gasteiger partial charge in [0.2, 0.25) is 0 Å². The Morgan fingerprint density at radius 3 is 2.58 bits per heavy atom. The van der Waals surface area contributed by atoms with Crippen molar-refractivity contribution in [3.8, 4) is 5.75 Å². The van der Waals surface area contributed by atoms with E-state index in [0.717, 1.165) is 15.8 Å². The van der Waals surface area contributed by atoms with Crippen LogP contribution in [0.5, 0.6) is 5.75 Å². The summed E-state index contributed by atoms with van der Waals surface area (Å²) in [5.41, 5.74) is 0.368. The van der Waals surface area contributed by atoms with Crippen LogP contribution in [-0.4, -0.2) is 29.9 Å². The van der Waals surface area contributed by atoms with Crippen molar-refractivity contribution in [1.29, 1.82) is 0 Å². The molecular weight excluding hydrogens is 398 g/mol. The maximum Gasteiger partial charge on any atom is 0.264 e. The second kappa shape index (κ2) is 7.21. The smallest absolute Gasteiger partial charge is 0.264 e. The number of fused-ring (bicyclic) bond motifs is 1. The summed E-state index contributed by atoms with van der Waals surface area (Å²) in [7, 11) is 0. The van der Waals surface area contributed by atoms with E-state index >= 15 is 0 Å². The van der Waals surface area contributed by atoms with E-state index in [0.29, 0.717) is 11.3 Å². The van der Waals surface area contributed by atoms with Gasteiger partial charge in [0.1, 0.15) is 18.1 Å². The van der Waals surface area contributed by atoms with Gasteiger partial charge < -0.3 is 14.7 Å². The SMILES string of the molecule is CC(=O)C[C@]1(O)C(=O)N(CCOc2ccc(C)cc2)c2ccc(Br)cc21. The number of aliphatic hydroxyl groups is 1. The molecule has 0 saturated heterocycles. The molecule has 6 heteroatoms. The number of rotatable bonds is 6. The van der Waals surface area contributed by atoms with Gasteiger partial charge in [-0.2, -0.15) is 0 Å². The molecule has 1 amide bonds. The average molecular weight is 418 g/mol. The van der Waals surface area contributed by atoms with Crippen molar-refractivity contribution in [2.75, 3.05) is 18.1 Å². The minimum Gasteiger partial charge on any atom is -0.492 e. The number of carbonyl (C=O) groups is 2. The molecule has 0 aromatic heterocycles. The van der Waals surface area contributed by atoms with Crippen molar-refractivity contribution in [3.63, 3.8) is 0 Å². The van der Waals surface area contributed by atoms with E-state index in [1.54, 1.807) is 18.2 Å². The Kier molecular flexibility index (Phi) is 5.16. The summed E-state index contributed by atoms with van der Waals surface area (Å²) in [6.45, 7) is 3.92. The second-order valence-electron chi connectivity index (χ2n) is 6.52. The quantitative estimate of drug-likeness (QED) is 0.782. The highest BCUT2D eigenvalue weighted by molar-refractivity contribution is 9.10. The van der Waals surface area contributed by atoms with Gasteiger partial charge in [-0.15, -0.1) is 0 Å². The molecule has 0 fully saturated rings. The molecule has 0 aliphatic carbocycles. The van der Waals surface area contributed by atoms with Crippen molar-refractivity contribution in [2.45, 2.75) is 25.9 Å². The molecule has 136 valence electrons. The molecule has 1 N–H and O–H groups in total. The maximum atomic E-state index is 12.9. The number of carbonyl (C=O) groups excluding carboxylic acids is 2. The number of halogens is 1. The first-order valence-corrected chi connectivity index (χ1v) is 9.14. The summed E-state index contributed by atoms with van der Waals surface area (Å²) < 4.78 is 6.45. The van der Waals surface area contributed by atoms with Gasteiger partial charge in [0.15, 0.2) is 5.60 Å². The van der Waals surface area contributed by atoms with Crippen LogP contribution in [-0.2, 0) is 15.2 Å². The number of amides is 1. The predicted octanol–water partition coefficient (Wildman–Crippen LogP) is 3.35. The molecule has 2 aromatic carbocycles. The van der Waals surface area contributed by atoms with Crippen LogP contribution in [0.1, 0.15) is 24.5 Å². The monoisotopic (exact) mass is 417 g/mol. The molecule has 0 spiro atoms. The van der Waals surface area contributed by atoms with Crippen molar-refractivity contribution in [2.24, 2.45) is 0 Å². The molecular formula is C20H20BrNO4. The highest BCUT2D eigenvalue weighted by Crippen LogP contribution is 2.43. The lowest BCUT2D eigenvalue weighted by Gasteiger charge is -2.22. The Labute approximate surface area is 160 Å². The topological polar surface area (TPSA) is 66.8 Å². The highest BCUT2D eigenvalue weighted by atomic mass is 79.9. The first-order valence-electron chi connectivity index (χ1n) is 8.34. The number of benzene rings is 2. The van der Waals surface area contributed by atoms with Crippen molar-refractivity contribution >= 4 is 33.3 Å². The Morgan fingerprint density at radius 2 is 1.92 bits per heavy atom. The molecule has 1 aliphatic heterocycles. The summed E-state index contributed by atoms with van der Waals surface area (Å²) >= 11 is 3.36. The van der Waals surface area contributed by atoms with E-state index in [1.165, 1.54) is 11.8 Å². The summed E-state index contributed by atoms with van der Waals surface area (Å²) in [4.78, 5) is 26.0. The number of ether oxygens (including phenoxy) is 1. The number of hydrogen-bond acceptors (Lipinski definition) is 4. The second-order valence-corrected chi connectivity index (χ2v) is 7.43. The molecule has 5 nitrogen and oxygen atoms in total. The largest absolute Gasteiger partial charge is 0.492 e. The van der Waals surface area contributed by atoms with Crippen molar-refractivity contribution < 1.29 is 19.4 Å². The first-order chi connectivity index (χ1) is 12.3. The van der Waals surface area contributed by atoms with Gasteiger partial charge in [-0.3, -0.25) is 9.59 Å². The maximum absolute atomic E-state index is 12.9. The minimum atomic E-state index is -1.82. The lowest BCUT2D eigenvalue weighted by Crippen LogP contribution is -2.43. The molecule has 1 heterocycles.